The molecule has 0 unspecified atom stereocenters. The second-order valence-corrected chi connectivity index (χ2v) is 10.8. The van der Waals surface area contributed by atoms with E-state index in [1.165, 1.54) is 23.0 Å². The minimum absolute atomic E-state index is 0.303. The lowest BCUT2D eigenvalue weighted by atomic mass is 9.96. The predicted octanol–water partition coefficient (Wildman–Crippen LogP) is 4.63. The first kappa shape index (κ1) is 28.8. The fourth-order valence-corrected chi connectivity index (χ4v) is 5.75. The first-order valence-electron chi connectivity index (χ1n) is 13.4. The normalized spacial score (nSPS) is 14.9. The average Bonchev–Trinajstić information content (AvgIpc) is 3.56. The Balaban J connectivity index is 1.59. The molecule has 0 spiro atoms. The summed E-state index contributed by atoms with van der Waals surface area (Å²) in [6.07, 6.45) is 1.31. The van der Waals surface area contributed by atoms with Gasteiger partial charge >= 0.3 is 11.9 Å². The molecule has 1 aliphatic rings. The minimum atomic E-state index is -0.737. The summed E-state index contributed by atoms with van der Waals surface area (Å²) >= 11 is 1.21. The number of furan rings is 1. The first-order chi connectivity index (χ1) is 20.2. The van der Waals surface area contributed by atoms with Crippen LogP contribution in [0.5, 0.6) is 5.75 Å². The predicted molar refractivity (Wildman–Crippen MR) is 158 cm³/mol. The van der Waals surface area contributed by atoms with Gasteiger partial charge in [0, 0.05) is 11.6 Å². The molecule has 0 radical (unpaired) electrons. The van der Waals surface area contributed by atoms with Gasteiger partial charge in [-0.25, -0.2) is 14.6 Å². The molecule has 2 aromatic carbocycles. The van der Waals surface area contributed by atoms with Gasteiger partial charge in [-0.05, 0) is 69.7 Å². The van der Waals surface area contributed by atoms with Gasteiger partial charge in [-0.1, -0.05) is 35.6 Å². The fourth-order valence-electron chi connectivity index (χ4n) is 4.72. The average molecular weight is 587 g/mol. The van der Waals surface area contributed by atoms with Gasteiger partial charge in [0.25, 0.3) is 5.56 Å². The molecule has 2 aromatic heterocycles. The van der Waals surface area contributed by atoms with Crippen molar-refractivity contribution in [1.82, 2.24) is 4.57 Å². The summed E-state index contributed by atoms with van der Waals surface area (Å²) in [5, 5.41) is 0. The van der Waals surface area contributed by atoms with Crippen LogP contribution < -0.4 is 19.6 Å². The van der Waals surface area contributed by atoms with E-state index in [-0.39, 0.29) is 11.7 Å². The molecule has 0 bridgehead atoms. The molecule has 10 heteroatoms. The highest BCUT2D eigenvalue weighted by Crippen LogP contribution is 2.32. The molecule has 1 aliphatic heterocycles. The van der Waals surface area contributed by atoms with Crippen LogP contribution in [0.1, 0.15) is 55.4 Å². The van der Waals surface area contributed by atoms with E-state index in [1.807, 2.05) is 37.3 Å². The second-order valence-electron chi connectivity index (χ2n) is 9.81. The number of allylic oxidation sites excluding steroid dienone is 1. The van der Waals surface area contributed by atoms with Crippen LogP contribution in [0, 0.1) is 0 Å². The number of fused-ring (bicyclic) bond motifs is 1. The maximum absolute atomic E-state index is 13.9. The first-order valence-corrected chi connectivity index (χ1v) is 14.3. The number of thiazole rings is 1. The van der Waals surface area contributed by atoms with E-state index in [0.717, 1.165) is 5.56 Å². The van der Waals surface area contributed by atoms with Crippen molar-refractivity contribution in [2.24, 2.45) is 4.99 Å². The van der Waals surface area contributed by atoms with Gasteiger partial charge in [0.2, 0.25) is 0 Å². The number of carbonyl (C=O) groups is 2. The summed E-state index contributed by atoms with van der Waals surface area (Å²) in [7, 11) is 1.33. The third-order valence-corrected chi connectivity index (χ3v) is 7.54. The van der Waals surface area contributed by atoms with Gasteiger partial charge < -0.3 is 18.6 Å². The fraction of sp³-hybridized carbons (Fsp3) is 0.250. The third kappa shape index (κ3) is 5.71. The Hall–Kier alpha value is -4.70. The maximum Gasteiger partial charge on any atom is 0.338 e. The number of nitrogens with zero attached hydrogens (tertiary/aromatic N) is 2. The van der Waals surface area contributed by atoms with Crippen LogP contribution in [-0.4, -0.2) is 36.3 Å². The van der Waals surface area contributed by atoms with Crippen molar-refractivity contribution in [3.8, 4) is 17.1 Å². The van der Waals surface area contributed by atoms with Crippen molar-refractivity contribution >= 4 is 29.4 Å². The Morgan fingerprint density at radius 3 is 2.55 bits per heavy atom. The number of rotatable bonds is 8. The van der Waals surface area contributed by atoms with Crippen LogP contribution in [-0.2, 0) is 14.3 Å². The quantitative estimate of drug-likeness (QED) is 0.277. The Morgan fingerprint density at radius 2 is 1.86 bits per heavy atom. The smallest absolute Gasteiger partial charge is 0.338 e. The topological polar surface area (TPSA) is 109 Å². The summed E-state index contributed by atoms with van der Waals surface area (Å²) in [5.74, 6) is 0.697. The lowest BCUT2D eigenvalue weighted by Gasteiger charge is -2.25. The number of carbonyl (C=O) groups excluding carboxylic acids is 2. The van der Waals surface area contributed by atoms with Crippen LogP contribution in [0.25, 0.3) is 17.4 Å². The highest BCUT2D eigenvalue weighted by atomic mass is 32.1. The molecule has 0 fully saturated rings. The van der Waals surface area contributed by atoms with Crippen LogP contribution in [0.2, 0.25) is 0 Å². The summed E-state index contributed by atoms with van der Waals surface area (Å²) in [5.41, 5.74) is 2.29. The number of esters is 2. The molecule has 0 amide bonds. The lowest BCUT2D eigenvalue weighted by Crippen LogP contribution is -2.40. The molecule has 42 heavy (non-hydrogen) atoms. The molecule has 1 atom stereocenters. The van der Waals surface area contributed by atoms with E-state index in [9.17, 15) is 14.4 Å². The van der Waals surface area contributed by atoms with Crippen LogP contribution in [0.15, 0.2) is 86.1 Å². The van der Waals surface area contributed by atoms with Crippen molar-refractivity contribution in [1.29, 1.82) is 0 Å². The van der Waals surface area contributed by atoms with Crippen LogP contribution in [0.4, 0.5) is 0 Å². The Kier molecular flexibility index (Phi) is 8.26. The van der Waals surface area contributed by atoms with Gasteiger partial charge in [0.15, 0.2) is 4.80 Å². The standard InChI is InChI=1S/C32H30N2O7S/c1-6-39-23-12-10-20(11-13-23)28-27(31(37)40-18(2)3)19(4)33-32-34(28)29(35)26(42-32)17-24-14-15-25(41-24)21-8-7-9-22(16-21)30(36)38-5/h7-18,28H,6H2,1-5H3/b26-17+/t28-/m0/s1. The van der Waals surface area contributed by atoms with Gasteiger partial charge in [0.1, 0.15) is 17.3 Å². The van der Waals surface area contributed by atoms with Gasteiger partial charge in [-0.2, -0.15) is 0 Å². The van der Waals surface area contributed by atoms with Crippen LogP contribution >= 0.6 is 11.3 Å². The molecule has 216 valence electrons. The molecule has 3 heterocycles. The van der Waals surface area contributed by atoms with Crippen molar-refractivity contribution < 1.29 is 28.2 Å². The highest BCUT2D eigenvalue weighted by Gasteiger charge is 2.33. The zero-order chi connectivity index (χ0) is 30.0. The lowest BCUT2D eigenvalue weighted by molar-refractivity contribution is -0.143. The number of ether oxygens (including phenoxy) is 3. The monoisotopic (exact) mass is 586 g/mol. The highest BCUT2D eigenvalue weighted by molar-refractivity contribution is 7.07. The number of hydrogen-bond acceptors (Lipinski definition) is 9. The number of hydrogen-bond donors (Lipinski definition) is 0. The minimum Gasteiger partial charge on any atom is -0.494 e. The Labute approximate surface area is 246 Å². The molecule has 0 N–H and O–H groups in total. The summed E-state index contributed by atoms with van der Waals surface area (Å²) < 4.78 is 23.9. The largest absolute Gasteiger partial charge is 0.494 e. The molecular formula is C32H30N2O7S. The van der Waals surface area contributed by atoms with Crippen LogP contribution in [0.3, 0.4) is 0 Å². The van der Waals surface area contributed by atoms with E-state index in [1.54, 1.807) is 57.2 Å². The molecule has 4 aromatic rings. The summed E-state index contributed by atoms with van der Waals surface area (Å²) in [6, 6.07) is 17.0. The molecule has 9 nitrogen and oxygen atoms in total. The van der Waals surface area contributed by atoms with E-state index in [0.29, 0.717) is 55.6 Å². The zero-order valence-corrected chi connectivity index (χ0v) is 24.7. The van der Waals surface area contributed by atoms with E-state index >= 15 is 0 Å². The Bertz CT molecular complexity index is 1860. The van der Waals surface area contributed by atoms with Gasteiger partial charge in [-0.3, -0.25) is 9.36 Å². The van der Waals surface area contributed by atoms with Crippen molar-refractivity contribution in [3.63, 3.8) is 0 Å². The number of benzene rings is 2. The summed E-state index contributed by atoms with van der Waals surface area (Å²) in [6.45, 7) is 7.72. The molecule has 5 rings (SSSR count). The van der Waals surface area contributed by atoms with Gasteiger partial charge in [0.05, 0.1) is 47.2 Å². The molecular weight excluding hydrogens is 556 g/mol. The van der Waals surface area contributed by atoms with Crippen molar-refractivity contribution in [3.05, 3.63) is 109 Å². The van der Waals surface area contributed by atoms with E-state index in [4.69, 9.17) is 18.6 Å². The van der Waals surface area contributed by atoms with Crippen molar-refractivity contribution in [2.45, 2.75) is 39.8 Å². The van der Waals surface area contributed by atoms with E-state index < -0.39 is 18.0 Å². The van der Waals surface area contributed by atoms with Gasteiger partial charge in [-0.15, -0.1) is 0 Å². The van der Waals surface area contributed by atoms with Crippen molar-refractivity contribution in [2.75, 3.05) is 13.7 Å². The zero-order valence-electron chi connectivity index (χ0n) is 23.9. The third-order valence-electron chi connectivity index (χ3n) is 6.56. The molecule has 0 aliphatic carbocycles. The maximum atomic E-state index is 13.9. The Morgan fingerprint density at radius 1 is 1.10 bits per heavy atom. The summed E-state index contributed by atoms with van der Waals surface area (Å²) in [4.78, 5) is 44.2. The second kappa shape index (κ2) is 12.0. The molecule has 0 saturated carbocycles. The number of methoxy groups -OCH3 is 1. The number of aromatic nitrogens is 1. The molecule has 0 saturated heterocycles. The van der Waals surface area contributed by atoms with E-state index in [2.05, 4.69) is 4.99 Å². The SMILES string of the molecule is CCOc1ccc([C@H]2C(C(=O)OC(C)C)=C(C)N=c3s/c(=C/c4ccc(-c5cccc(C(=O)OC)c5)o4)c(=O)n32)cc1.